The highest BCUT2D eigenvalue weighted by molar-refractivity contribution is 5.98. The fourth-order valence-electron chi connectivity index (χ4n) is 2.27. The van der Waals surface area contributed by atoms with Gasteiger partial charge in [0, 0.05) is 12.1 Å². The molecule has 0 spiro atoms. The van der Waals surface area contributed by atoms with Crippen molar-refractivity contribution in [3.8, 4) is 0 Å². The largest absolute Gasteiger partial charge is 0.389 e. The van der Waals surface area contributed by atoms with Gasteiger partial charge >= 0.3 is 6.18 Å². The summed E-state index contributed by atoms with van der Waals surface area (Å²) < 4.78 is 36.9. The number of rotatable bonds is 5. The first kappa shape index (κ1) is 18.0. The van der Waals surface area contributed by atoms with Crippen LogP contribution in [0.1, 0.15) is 24.5 Å². The number of hydrogen-bond acceptors (Lipinski definition) is 2. The SMILES string of the molecule is CC(N)(C(=O)Nc1cccc(CCC(F)(F)F)c1)c1ccccc1. The maximum Gasteiger partial charge on any atom is 0.389 e. The Morgan fingerprint density at radius 3 is 2.38 bits per heavy atom. The van der Waals surface area contributed by atoms with Gasteiger partial charge in [0.15, 0.2) is 0 Å². The van der Waals surface area contributed by atoms with Crippen LogP contribution in [-0.4, -0.2) is 12.1 Å². The van der Waals surface area contributed by atoms with E-state index in [4.69, 9.17) is 5.73 Å². The fourth-order valence-corrected chi connectivity index (χ4v) is 2.27. The molecule has 0 aliphatic heterocycles. The normalized spacial score (nSPS) is 14.0. The number of benzene rings is 2. The standard InChI is InChI=1S/C18H19F3N2O/c1-17(22,14-7-3-2-4-8-14)16(24)23-15-9-5-6-13(12-15)10-11-18(19,20)21/h2-9,12H,10-11,22H2,1H3,(H,23,24). The van der Waals surface area contributed by atoms with E-state index in [1.54, 1.807) is 49.4 Å². The number of alkyl halides is 3. The summed E-state index contributed by atoms with van der Waals surface area (Å²) >= 11 is 0. The summed E-state index contributed by atoms with van der Waals surface area (Å²) in [6, 6.07) is 15.2. The number of halogens is 3. The monoisotopic (exact) mass is 336 g/mol. The molecule has 3 N–H and O–H groups in total. The van der Waals surface area contributed by atoms with E-state index in [1.807, 2.05) is 6.07 Å². The third kappa shape index (κ3) is 4.83. The molecule has 2 aromatic rings. The molecule has 0 saturated carbocycles. The summed E-state index contributed by atoms with van der Waals surface area (Å²) in [4.78, 5) is 12.4. The van der Waals surface area contributed by atoms with Crippen LogP contribution in [-0.2, 0) is 16.8 Å². The molecule has 0 saturated heterocycles. The predicted molar refractivity (Wildman–Crippen MR) is 87.4 cm³/mol. The van der Waals surface area contributed by atoms with Gasteiger partial charge < -0.3 is 11.1 Å². The van der Waals surface area contributed by atoms with Crippen LogP contribution >= 0.6 is 0 Å². The van der Waals surface area contributed by atoms with Crippen LogP contribution in [0.3, 0.4) is 0 Å². The second-order valence-corrected chi connectivity index (χ2v) is 5.84. The molecule has 1 unspecified atom stereocenters. The van der Waals surface area contributed by atoms with Gasteiger partial charge in [0.25, 0.3) is 0 Å². The van der Waals surface area contributed by atoms with E-state index in [0.717, 1.165) is 0 Å². The summed E-state index contributed by atoms with van der Waals surface area (Å²) in [6.07, 6.45) is -5.24. The Hall–Kier alpha value is -2.34. The van der Waals surface area contributed by atoms with E-state index in [0.29, 0.717) is 16.8 Å². The Labute approximate surface area is 138 Å². The number of hydrogen-bond donors (Lipinski definition) is 2. The lowest BCUT2D eigenvalue weighted by atomic mass is 9.92. The molecule has 6 heteroatoms. The van der Waals surface area contributed by atoms with E-state index >= 15 is 0 Å². The second kappa shape index (κ2) is 7.05. The lowest BCUT2D eigenvalue weighted by molar-refractivity contribution is -0.134. The van der Waals surface area contributed by atoms with Gasteiger partial charge in [0.2, 0.25) is 5.91 Å². The van der Waals surface area contributed by atoms with Crippen molar-refractivity contribution in [1.29, 1.82) is 0 Å². The molecule has 1 amide bonds. The van der Waals surface area contributed by atoms with Crippen molar-refractivity contribution in [3.05, 3.63) is 65.7 Å². The summed E-state index contributed by atoms with van der Waals surface area (Å²) in [7, 11) is 0. The fraction of sp³-hybridized carbons (Fsp3) is 0.278. The lowest BCUT2D eigenvalue weighted by Gasteiger charge is -2.24. The van der Waals surface area contributed by atoms with Crippen LogP contribution in [0.15, 0.2) is 54.6 Å². The Morgan fingerprint density at radius 2 is 1.75 bits per heavy atom. The van der Waals surface area contributed by atoms with Crippen molar-refractivity contribution in [1.82, 2.24) is 0 Å². The van der Waals surface area contributed by atoms with Crippen LogP contribution in [0.4, 0.5) is 18.9 Å². The minimum atomic E-state index is -4.21. The number of aryl methyl sites for hydroxylation is 1. The van der Waals surface area contributed by atoms with Crippen molar-refractivity contribution in [2.24, 2.45) is 5.73 Å². The van der Waals surface area contributed by atoms with Gasteiger partial charge in [-0.25, -0.2) is 0 Å². The Bertz CT molecular complexity index is 697. The van der Waals surface area contributed by atoms with E-state index in [-0.39, 0.29) is 6.42 Å². The van der Waals surface area contributed by atoms with Gasteiger partial charge in [0.05, 0.1) is 0 Å². The number of amides is 1. The van der Waals surface area contributed by atoms with Crippen LogP contribution in [0, 0.1) is 0 Å². The zero-order valence-electron chi connectivity index (χ0n) is 13.2. The molecule has 0 radical (unpaired) electrons. The quantitative estimate of drug-likeness (QED) is 0.867. The summed E-state index contributed by atoms with van der Waals surface area (Å²) in [6.45, 7) is 1.59. The first-order chi connectivity index (χ1) is 11.2. The molecule has 0 aliphatic rings. The van der Waals surface area contributed by atoms with Crippen molar-refractivity contribution in [3.63, 3.8) is 0 Å². The maximum absolute atomic E-state index is 12.4. The van der Waals surface area contributed by atoms with Crippen molar-refractivity contribution in [2.75, 3.05) is 5.32 Å². The highest BCUT2D eigenvalue weighted by atomic mass is 19.4. The summed E-state index contributed by atoms with van der Waals surface area (Å²) in [5.41, 5.74) is 6.45. The van der Waals surface area contributed by atoms with E-state index in [2.05, 4.69) is 5.32 Å². The van der Waals surface area contributed by atoms with Gasteiger partial charge in [-0.05, 0) is 36.6 Å². The molecule has 2 rings (SSSR count). The zero-order valence-corrected chi connectivity index (χ0v) is 13.2. The minimum Gasteiger partial charge on any atom is -0.324 e. The number of carbonyl (C=O) groups is 1. The Kier molecular flexibility index (Phi) is 5.29. The molecular weight excluding hydrogens is 317 g/mol. The molecule has 0 aromatic heterocycles. The molecule has 0 aliphatic carbocycles. The topological polar surface area (TPSA) is 55.1 Å². The van der Waals surface area contributed by atoms with Gasteiger partial charge in [0.1, 0.15) is 5.54 Å². The van der Waals surface area contributed by atoms with Gasteiger partial charge in [-0.15, -0.1) is 0 Å². The molecule has 128 valence electrons. The first-order valence-electron chi connectivity index (χ1n) is 7.50. The molecule has 3 nitrogen and oxygen atoms in total. The van der Waals surface area contributed by atoms with Crippen molar-refractivity contribution in [2.45, 2.75) is 31.5 Å². The molecule has 1 atom stereocenters. The third-order valence-electron chi connectivity index (χ3n) is 3.73. The predicted octanol–water partition coefficient (Wildman–Crippen LogP) is 3.99. The van der Waals surface area contributed by atoms with Crippen LogP contribution in [0.5, 0.6) is 0 Å². The summed E-state index contributed by atoms with van der Waals surface area (Å²) in [5.74, 6) is -0.429. The van der Waals surface area contributed by atoms with Crippen LogP contribution in [0.25, 0.3) is 0 Å². The molecular formula is C18H19F3N2O. The lowest BCUT2D eigenvalue weighted by Crippen LogP contribution is -2.45. The van der Waals surface area contributed by atoms with E-state index < -0.39 is 24.0 Å². The van der Waals surface area contributed by atoms with Crippen LogP contribution < -0.4 is 11.1 Å². The number of nitrogens with one attached hydrogen (secondary N) is 1. The van der Waals surface area contributed by atoms with Gasteiger partial charge in [-0.1, -0.05) is 42.5 Å². The number of nitrogens with two attached hydrogens (primary N) is 1. The molecule has 0 fully saturated rings. The highest BCUT2D eigenvalue weighted by Gasteiger charge is 2.30. The Morgan fingerprint density at radius 1 is 1.08 bits per heavy atom. The van der Waals surface area contributed by atoms with E-state index in [1.165, 1.54) is 6.07 Å². The smallest absolute Gasteiger partial charge is 0.324 e. The van der Waals surface area contributed by atoms with Gasteiger partial charge in [-0.2, -0.15) is 13.2 Å². The first-order valence-corrected chi connectivity index (χ1v) is 7.50. The van der Waals surface area contributed by atoms with Gasteiger partial charge in [-0.3, -0.25) is 4.79 Å². The Balaban J connectivity index is 2.09. The average molecular weight is 336 g/mol. The number of carbonyl (C=O) groups excluding carboxylic acids is 1. The molecule has 0 bridgehead atoms. The van der Waals surface area contributed by atoms with Crippen LogP contribution in [0.2, 0.25) is 0 Å². The second-order valence-electron chi connectivity index (χ2n) is 5.84. The average Bonchev–Trinajstić information content (AvgIpc) is 2.53. The van der Waals surface area contributed by atoms with Crippen molar-refractivity contribution >= 4 is 11.6 Å². The minimum absolute atomic E-state index is 0.133. The van der Waals surface area contributed by atoms with E-state index in [9.17, 15) is 18.0 Å². The zero-order chi connectivity index (χ0) is 17.8. The maximum atomic E-state index is 12.4. The third-order valence-corrected chi connectivity index (χ3v) is 3.73. The molecule has 0 heterocycles. The summed E-state index contributed by atoms with van der Waals surface area (Å²) in [5, 5.41) is 2.67. The highest BCUT2D eigenvalue weighted by Crippen LogP contribution is 2.24. The molecule has 2 aromatic carbocycles. The number of anilines is 1. The molecule has 24 heavy (non-hydrogen) atoms. The van der Waals surface area contributed by atoms with Crippen molar-refractivity contribution < 1.29 is 18.0 Å².